The van der Waals surface area contributed by atoms with E-state index in [0.29, 0.717) is 18.6 Å². The molecule has 0 aromatic carbocycles. The Kier molecular flexibility index (Phi) is 5.72. The number of rotatable bonds is 4. The molecular weight excluding hydrogens is 288 g/mol. The number of nitrogens with two attached hydrogens (primary N) is 1. The lowest BCUT2D eigenvalue weighted by Gasteiger charge is -2.21. The van der Waals surface area contributed by atoms with Gasteiger partial charge in [0.2, 0.25) is 5.88 Å². The van der Waals surface area contributed by atoms with Gasteiger partial charge in [-0.05, 0) is 44.1 Å². The van der Waals surface area contributed by atoms with Gasteiger partial charge >= 0.3 is 0 Å². The number of hydrogen-bond donors (Lipinski definition) is 1. The summed E-state index contributed by atoms with van der Waals surface area (Å²) >= 11 is 0. The monoisotopic (exact) mass is 316 g/mol. The number of likely N-dealkylation sites (tertiary alicyclic amines) is 1. The number of nitrogens with zero attached hydrogens (tertiary/aromatic N) is 3. The molecule has 0 bridgehead atoms. The highest BCUT2D eigenvalue weighted by molar-refractivity contribution is 5.78. The van der Waals surface area contributed by atoms with Gasteiger partial charge in [-0.1, -0.05) is 18.9 Å². The largest absolute Gasteiger partial charge is 0.474 e. The number of aromatic nitrogens is 1. The van der Waals surface area contributed by atoms with Crippen molar-refractivity contribution in [2.24, 2.45) is 10.7 Å². The maximum absolute atomic E-state index is 6.14. The van der Waals surface area contributed by atoms with Crippen LogP contribution in [0.2, 0.25) is 0 Å². The molecule has 2 aliphatic rings. The Hall–Kier alpha value is -1.78. The summed E-state index contributed by atoms with van der Waals surface area (Å²) in [6, 6.07) is 3.99. The Morgan fingerprint density at radius 3 is 2.52 bits per heavy atom. The van der Waals surface area contributed by atoms with Crippen molar-refractivity contribution in [1.29, 1.82) is 0 Å². The van der Waals surface area contributed by atoms with Gasteiger partial charge in [-0.2, -0.15) is 0 Å². The highest BCUT2D eigenvalue weighted by atomic mass is 16.5. The fourth-order valence-electron chi connectivity index (χ4n) is 3.32. The summed E-state index contributed by atoms with van der Waals surface area (Å²) in [7, 11) is 0. The van der Waals surface area contributed by atoms with Crippen LogP contribution in [0, 0.1) is 0 Å². The molecule has 0 spiro atoms. The molecule has 126 valence electrons. The number of hydrogen-bond acceptors (Lipinski definition) is 3. The maximum Gasteiger partial charge on any atom is 0.213 e. The maximum atomic E-state index is 6.14. The van der Waals surface area contributed by atoms with Gasteiger partial charge in [0.05, 0.1) is 6.54 Å². The van der Waals surface area contributed by atoms with Gasteiger partial charge in [0, 0.05) is 25.4 Å². The lowest BCUT2D eigenvalue weighted by molar-refractivity contribution is 0.201. The second-order valence-corrected chi connectivity index (χ2v) is 6.60. The summed E-state index contributed by atoms with van der Waals surface area (Å²) in [5, 5.41) is 0. The molecule has 1 aliphatic heterocycles. The Morgan fingerprint density at radius 1 is 1.13 bits per heavy atom. The third-order valence-corrected chi connectivity index (χ3v) is 4.74. The van der Waals surface area contributed by atoms with Crippen molar-refractivity contribution in [3.8, 4) is 5.88 Å². The smallest absolute Gasteiger partial charge is 0.213 e. The first-order chi connectivity index (χ1) is 11.3. The molecule has 0 unspecified atom stereocenters. The van der Waals surface area contributed by atoms with E-state index < -0.39 is 0 Å². The molecule has 1 aromatic heterocycles. The normalized spacial score (nSPS) is 20.5. The number of pyridine rings is 1. The molecule has 1 saturated heterocycles. The van der Waals surface area contributed by atoms with Gasteiger partial charge in [-0.25, -0.2) is 9.98 Å². The number of guanidine groups is 1. The van der Waals surface area contributed by atoms with Gasteiger partial charge in [0.1, 0.15) is 6.10 Å². The van der Waals surface area contributed by atoms with E-state index in [1.807, 2.05) is 18.3 Å². The van der Waals surface area contributed by atoms with Crippen molar-refractivity contribution >= 4 is 5.96 Å². The second-order valence-electron chi connectivity index (χ2n) is 6.60. The van der Waals surface area contributed by atoms with Crippen LogP contribution in [0.1, 0.15) is 56.9 Å². The zero-order valence-corrected chi connectivity index (χ0v) is 13.9. The third kappa shape index (κ3) is 4.85. The van der Waals surface area contributed by atoms with Gasteiger partial charge in [0.25, 0.3) is 0 Å². The minimum Gasteiger partial charge on any atom is -0.474 e. The van der Waals surface area contributed by atoms with E-state index in [1.54, 1.807) is 0 Å². The summed E-state index contributed by atoms with van der Waals surface area (Å²) in [5.41, 5.74) is 7.21. The van der Waals surface area contributed by atoms with Gasteiger partial charge in [-0.15, -0.1) is 0 Å². The van der Waals surface area contributed by atoms with E-state index in [1.165, 1.54) is 38.5 Å². The van der Waals surface area contributed by atoms with Crippen molar-refractivity contribution in [3.05, 3.63) is 23.9 Å². The zero-order chi connectivity index (χ0) is 15.9. The molecule has 2 fully saturated rings. The van der Waals surface area contributed by atoms with Crippen LogP contribution in [-0.4, -0.2) is 35.0 Å². The van der Waals surface area contributed by atoms with Crippen LogP contribution in [0.4, 0.5) is 0 Å². The average molecular weight is 316 g/mol. The Bertz CT molecular complexity index is 500. The molecule has 3 rings (SSSR count). The molecule has 0 amide bonds. The van der Waals surface area contributed by atoms with Crippen molar-refractivity contribution < 1.29 is 4.74 Å². The zero-order valence-electron chi connectivity index (χ0n) is 13.9. The minimum absolute atomic E-state index is 0.352. The van der Waals surface area contributed by atoms with E-state index in [0.717, 1.165) is 37.4 Å². The van der Waals surface area contributed by atoms with E-state index in [-0.39, 0.29) is 0 Å². The molecule has 5 nitrogen and oxygen atoms in total. The first-order valence-electron chi connectivity index (χ1n) is 8.98. The quantitative estimate of drug-likeness (QED) is 0.685. The summed E-state index contributed by atoms with van der Waals surface area (Å²) < 4.78 is 5.89. The Balaban J connectivity index is 1.51. The van der Waals surface area contributed by atoms with Crippen LogP contribution in [-0.2, 0) is 6.54 Å². The molecule has 2 N–H and O–H groups in total. The summed E-state index contributed by atoms with van der Waals surface area (Å²) in [5.74, 6) is 1.39. The highest BCUT2D eigenvalue weighted by Gasteiger charge is 2.16. The van der Waals surface area contributed by atoms with Crippen LogP contribution in [0.3, 0.4) is 0 Å². The Labute approximate surface area is 138 Å². The van der Waals surface area contributed by atoms with Crippen LogP contribution >= 0.6 is 0 Å². The van der Waals surface area contributed by atoms with Crippen molar-refractivity contribution in [1.82, 2.24) is 9.88 Å². The molecule has 0 atom stereocenters. The second kappa shape index (κ2) is 8.18. The van der Waals surface area contributed by atoms with Crippen molar-refractivity contribution in [2.75, 3.05) is 13.1 Å². The lowest BCUT2D eigenvalue weighted by Crippen LogP contribution is -2.38. The number of ether oxygens (including phenoxy) is 1. The predicted octanol–water partition coefficient (Wildman–Crippen LogP) is 3.09. The molecule has 0 radical (unpaired) electrons. The lowest BCUT2D eigenvalue weighted by atomic mass is 10.2. The summed E-state index contributed by atoms with van der Waals surface area (Å²) in [6.45, 7) is 2.64. The summed E-state index contributed by atoms with van der Waals surface area (Å²) in [4.78, 5) is 11.1. The average Bonchev–Trinajstić information content (AvgIpc) is 2.93. The molecule has 1 saturated carbocycles. The molecule has 1 aromatic rings. The third-order valence-electron chi connectivity index (χ3n) is 4.74. The topological polar surface area (TPSA) is 63.7 Å². The Morgan fingerprint density at radius 2 is 1.87 bits per heavy atom. The van der Waals surface area contributed by atoms with Crippen LogP contribution in [0.5, 0.6) is 5.88 Å². The SMILES string of the molecule is NC(=NCc1ccc(OC2CCCC2)nc1)N1CCCCCC1. The molecule has 5 heteroatoms. The first-order valence-corrected chi connectivity index (χ1v) is 8.98. The van der Waals surface area contributed by atoms with Crippen molar-refractivity contribution in [2.45, 2.75) is 64.0 Å². The van der Waals surface area contributed by atoms with E-state index in [9.17, 15) is 0 Å². The van der Waals surface area contributed by atoms with E-state index in [4.69, 9.17) is 10.5 Å². The van der Waals surface area contributed by atoms with E-state index in [2.05, 4.69) is 14.9 Å². The van der Waals surface area contributed by atoms with Gasteiger partial charge in [-0.3, -0.25) is 0 Å². The summed E-state index contributed by atoms with van der Waals surface area (Å²) in [6.07, 6.45) is 12.1. The van der Waals surface area contributed by atoms with Gasteiger partial charge < -0.3 is 15.4 Å². The fraction of sp³-hybridized carbons (Fsp3) is 0.667. The fourth-order valence-corrected chi connectivity index (χ4v) is 3.32. The predicted molar refractivity (Wildman–Crippen MR) is 92.5 cm³/mol. The number of aliphatic imine (C=N–C) groups is 1. The molecule has 1 aliphatic carbocycles. The van der Waals surface area contributed by atoms with Gasteiger partial charge in [0.15, 0.2) is 5.96 Å². The minimum atomic E-state index is 0.352. The van der Waals surface area contributed by atoms with Crippen LogP contribution in [0.15, 0.2) is 23.3 Å². The molecule has 2 heterocycles. The van der Waals surface area contributed by atoms with Crippen LogP contribution in [0.25, 0.3) is 0 Å². The highest BCUT2D eigenvalue weighted by Crippen LogP contribution is 2.22. The molecule has 23 heavy (non-hydrogen) atoms. The molecular formula is C18H28N4O. The standard InChI is InChI=1S/C18H28N4O/c19-18(22-11-5-1-2-6-12-22)21-14-15-9-10-17(20-13-15)23-16-7-3-4-8-16/h9-10,13,16H,1-8,11-12,14H2,(H2,19,21). The van der Waals surface area contributed by atoms with Crippen molar-refractivity contribution in [3.63, 3.8) is 0 Å². The van der Waals surface area contributed by atoms with E-state index >= 15 is 0 Å². The van der Waals surface area contributed by atoms with Crippen LogP contribution < -0.4 is 10.5 Å². The first kappa shape index (κ1) is 16.1.